The van der Waals surface area contributed by atoms with Gasteiger partial charge in [0.05, 0.1) is 12.2 Å². The first-order chi connectivity index (χ1) is 17.4. The van der Waals surface area contributed by atoms with Crippen molar-refractivity contribution in [3.05, 3.63) is 115 Å². The number of benzene rings is 4. The predicted molar refractivity (Wildman–Crippen MR) is 138 cm³/mol. The van der Waals surface area contributed by atoms with Crippen LogP contribution in [0.4, 0.5) is 10.5 Å². The van der Waals surface area contributed by atoms with E-state index in [1.807, 2.05) is 84.9 Å². The van der Waals surface area contributed by atoms with Crippen LogP contribution < -0.4 is 14.4 Å². The molecule has 0 aliphatic carbocycles. The zero-order chi connectivity index (χ0) is 25.1. The summed E-state index contributed by atoms with van der Waals surface area (Å²) in [4.78, 5) is 29.9. The summed E-state index contributed by atoms with van der Waals surface area (Å²) in [5.74, 6) is 2.25. The largest absolute Gasteiger partial charge is 0.457 e. The number of imide groups is 1. The van der Waals surface area contributed by atoms with Gasteiger partial charge in [-0.2, -0.15) is 0 Å². The number of hydrogen-bond acceptors (Lipinski definition) is 4. The summed E-state index contributed by atoms with van der Waals surface area (Å²) < 4.78 is 12.0. The molecule has 1 aliphatic heterocycles. The van der Waals surface area contributed by atoms with E-state index in [4.69, 9.17) is 9.47 Å². The van der Waals surface area contributed by atoms with Crippen molar-refractivity contribution in [2.24, 2.45) is 0 Å². The highest BCUT2D eigenvalue weighted by Crippen LogP contribution is 2.37. The van der Waals surface area contributed by atoms with Gasteiger partial charge in [-0.3, -0.25) is 4.79 Å². The molecule has 1 saturated heterocycles. The summed E-state index contributed by atoms with van der Waals surface area (Å²) in [5, 5.41) is 0. The highest BCUT2D eigenvalue weighted by molar-refractivity contribution is 6.23. The van der Waals surface area contributed by atoms with Crippen LogP contribution >= 0.6 is 0 Å². The van der Waals surface area contributed by atoms with E-state index in [0.717, 1.165) is 5.56 Å². The van der Waals surface area contributed by atoms with Crippen LogP contribution in [0.25, 0.3) is 0 Å². The topological polar surface area (TPSA) is 59.1 Å². The first-order valence-electron chi connectivity index (χ1n) is 11.7. The van der Waals surface area contributed by atoms with Gasteiger partial charge in [0.2, 0.25) is 0 Å². The molecule has 6 heteroatoms. The summed E-state index contributed by atoms with van der Waals surface area (Å²) in [5.41, 5.74) is 0.217. The number of nitrogens with zero attached hydrogens (tertiary/aromatic N) is 2. The highest BCUT2D eigenvalue weighted by atomic mass is 16.5. The Morgan fingerprint density at radius 1 is 0.667 bits per heavy atom. The van der Waals surface area contributed by atoms with Gasteiger partial charge in [0, 0.05) is 11.6 Å². The SMILES string of the molecule is CC1(C)C(=O)N(c2cccc(Oc3ccccc3)c2)C(=O)N1Cc1ccccc1Oc1ccccc1. The standard InChI is InChI=1S/C30H26N2O4/c1-30(2)28(33)32(23-13-11-18-26(20-23)35-24-14-5-3-6-15-24)29(34)31(30)21-22-12-9-10-19-27(22)36-25-16-7-4-8-17-25/h3-20H,21H2,1-2H3. The van der Waals surface area contributed by atoms with Crippen LogP contribution in [0.3, 0.4) is 0 Å². The van der Waals surface area contributed by atoms with E-state index in [0.29, 0.717) is 28.7 Å². The van der Waals surface area contributed by atoms with E-state index < -0.39 is 11.6 Å². The average Bonchev–Trinajstić information content (AvgIpc) is 3.05. The normalized spacial score (nSPS) is 14.7. The molecule has 0 bridgehead atoms. The van der Waals surface area contributed by atoms with Crippen molar-refractivity contribution in [2.45, 2.75) is 25.9 Å². The molecule has 1 fully saturated rings. The van der Waals surface area contributed by atoms with Crippen LogP contribution in [0.2, 0.25) is 0 Å². The number of anilines is 1. The fourth-order valence-electron chi connectivity index (χ4n) is 4.16. The Morgan fingerprint density at radius 2 is 1.25 bits per heavy atom. The third-order valence-corrected chi connectivity index (χ3v) is 6.15. The number of ether oxygens (including phenoxy) is 2. The maximum atomic E-state index is 13.6. The van der Waals surface area contributed by atoms with E-state index in [1.165, 1.54) is 4.90 Å². The zero-order valence-electron chi connectivity index (χ0n) is 20.1. The minimum Gasteiger partial charge on any atom is -0.457 e. The third-order valence-electron chi connectivity index (χ3n) is 6.15. The van der Waals surface area contributed by atoms with Crippen molar-refractivity contribution >= 4 is 17.6 Å². The van der Waals surface area contributed by atoms with Crippen molar-refractivity contribution in [2.75, 3.05) is 4.90 Å². The Morgan fingerprint density at radius 3 is 1.94 bits per heavy atom. The molecule has 0 atom stereocenters. The number of rotatable bonds is 7. The Balaban J connectivity index is 1.41. The van der Waals surface area contributed by atoms with Gasteiger partial charge in [0.25, 0.3) is 5.91 Å². The smallest absolute Gasteiger partial charge is 0.332 e. The fraction of sp³-hybridized carbons (Fsp3) is 0.133. The molecule has 0 aromatic heterocycles. The van der Waals surface area contributed by atoms with Gasteiger partial charge < -0.3 is 14.4 Å². The van der Waals surface area contributed by atoms with Crippen LogP contribution in [-0.4, -0.2) is 22.4 Å². The number of hydrogen-bond donors (Lipinski definition) is 0. The Kier molecular flexibility index (Phi) is 6.17. The molecule has 0 spiro atoms. The fourth-order valence-corrected chi connectivity index (χ4v) is 4.16. The first-order valence-corrected chi connectivity index (χ1v) is 11.7. The van der Waals surface area contributed by atoms with Gasteiger partial charge in [-0.25, -0.2) is 9.69 Å². The summed E-state index contributed by atoms with van der Waals surface area (Å²) >= 11 is 0. The van der Waals surface area contributed by atoms with E-state index in [2.05, 4.69) is 0 Å². The quantitative estimate of drug-likeness (QED) is 0.268. The molecule has 5 rings (SSSR count). The zero-order valence-corrected chi connectivity index (χ0v) is 20.1. The molecule has 6 nitrogen and oxygen atoms in total. The number of urea groups is 1. The van der Waals surface area contributed by atoms with Crippen LogP contribution in [-0.2, 0) is 11.3 Å². The second-order valence-electron chi connectivity index (χ2n) is 9.00. The molecule has 1 aliphatic rings. The number of carbonyl (C=O) groups excluding carboxylic acids is 2. The van der Waals surface area contributed by atoms with E-state index in [1.54, 1.807) is 43.0 Å². The average molecular weight is 479 g/mol. The van der Waals surface area contributed by atoms with Crippen LogP contribution in [0.15, 0.2) is 109 Å². The van der Waals surface area contributed by atoms with Gasteiger partial charge in [-0.15, -0.1) is 0 Å². The van der Waals surface area contributed by atoms with Crippen molar-refractivity contribution in [1.29, 1.82) is 0 Å². The Labute approximate surface area is 210 Å². The number of para-hydroxylation sites is 3. The molecular formula is C30H26N2O4. The summed E-state index contributed by atoms with van der Waals surface area (Å²) in [6.07, 6.45) is 0. The lowest BCUT2D eigenvalue weighted by Crippen LogP contribution is -2.43. The molecule has 36 heavy (non-hydrogen) atoms. The minimum absolute atomic E-state index is 0.220. The molecule has 4 aromatic carbocycles. The van der Waals surface area contributed by atoms with Gasteiger partial charge in [0.1, 0.15) is 28.5 Å². The second kappa shape index (κ2) is 9.58. The Bertz CT molecular complexity index is 1390. The molecule has 0 saturated carbocycles. The predicted octanol–water partition coefficient (Wildman–Crippen LogP) is 7.02. The lowest BCUT2D eigenvalue weighted by Gasteiger charge is -2.28. The Hall–Kier alpha value is -4.58. The highest BCUT2D eigenvalue weighted by Gasteiger charge is 2.52. The maximum absolute atomic E-state index is 13.6. The molecule has 180 valence electrons. The van der Waals surface area contributed by atoms with Gasteiger partial charge >= 0.3 is 6.03 Å². The number of carbonyl (C=O) groups is 2. The van der Waals surface area contributed by atoms with Crippen LogP contribution in [0.5, 0.6) is 23.0 Å². The molecular weight excluding hydrogens is 452 g/mol. The third kappa shape index (κ3) is 4.53. The van der Waals surface area contributed by atoms with Crippen molar-refractivity contribution in [1.82, 2.24) is 4.90 Å². The number of amides is 3. The molecule has 1 heterocycles. The van der Waals surface area contributed by atoms with Gasteiger partial charge in [-0.1, -0.05) is 60.7 Å². The second-order valence-corrected chi connectivity index (χ2v) is 9.00. The van der Waals surface area contributed by atoms with Crippen molar-refractivity contribution < 1.29 is 19.1 Å². The molecule has 0 unspecified atom stereocenters. The molecule has 3 amide bonds. The van der Waals surface area contributed by atoms with Crippen molar-refractivity contribution in [3.63, 3.8) is 0 Å². The van der Waals surface area contributed by atoms with Gasteiger partial charge in [0.15, 0.2) is 0 Å². The minimum atomic E-state index is -1.05. The van der Waals surface area contributed by atoms with Crippen molar-refractivity contribution in [3.8, 4) is 23.0 Å². The van der Waals surface area contributed by atoms with E-state index in [-0.39, 0.29) is 12.5 Å². The molecule has 4 aromatic rings. The van der Waals surface area contributed by atoms with Crippen LogP contribution in [0.1, 0.15) is 19.4 Å². The van der Waals surface area contributed by atoms with E-state index >= 15 is 0 Å². The van der Waals surface area contributed by atoms with Crippen LogP contribution in [0, 0.1) is 0 Å². The molecule has 0 radical (unpaired) electrons. The molecule has 0 N–H and O–H groups in total. The first kappa shape index (κ1) is 23.2. The lowest BCUT2D eigenvalue weighted by atomic mass is 10.0. The van der Waals surface area contributed by atoms with Gasteiger partial charge in [-0.05, 0) is 56.3 Å². The summed E-state index contributed by atoms with van der Waals surface area (Å²) in [7, 11) is 0. The summed E-state index contributed by atoms with van der Waals surface area (Å²) in [6, 6.07) is 33.0. The van der Waals surface area contributed by atoms with E-state index in [9.17, 15) is 9.59 Å². The summed E-state index contributed by atoms with van der Waals surface area (Å²) in [6.45, 7) is 3.74. The maximum Gasteiger partial charge on any atom is 0.332 e. The lowest BCUT2D eigenvalue weighted by molar-refractivity contribution is -0.123. The monoisotopic (exact) mass is 478 g/mol.